The summed E-state index contributed by atoms with van der Waals surface area (Å²) < 4.78 is 24.7. The summed E-state index contributed by atoms with van der Waals surface area (Å²) >= 11 is 5.79. The van der Waals surface area contributed by atoms with Gasteiger partial charge in [0.25, 0.3) is 11.1 Å². The number of nitrogens with one attached hydrogen (secondary N) is 1. The molecule has 0 spiro atoms. The van der Waals surface area contributed by atoms with E-state index in [0.717, 1.165) is 11.8 Å². The molecule has 11 nitrogen and oxygen atoms in total. The summed E-state index contributed by atoms with van der Waals surface area (Å²) in [5.74, 6) is 0.792. The first kappa shape index (κ1) is 29.6. The van der Waals surface area contributed by atoms with Crippen molar-refractivity contribution in [3.05, 3.63) is 93.1 Å². The zero-order chi connectivity index (χ0) is 30.1. The molecule has 4 aromatic rings. The van der Waals surface area contributed by atoms with Crippen LogP contribution in [0.1, 0.15) is 36.9 Å². The number of H-pyrrole nitrogens is 1. The molecular formula is C28H25BrN4O7S2. The number of allylic oxidation sites excluding steroid dienone is 1. The zero-order valence-corrected chi connectivity index (χ0v) is 26.4. The van der Waals surface area contributed by atoms with Crippen molar-refractivity contribution in [3.63, 3.8) is 0 Å². The van der Waals surface area contributed by atoms with Gasteiger partial charge in [0, 0.05) is 17.8 Å². The number of aromatic amines is 1. The highest BCUT2D eigenvalue weighted by Gasteiger charge is 2.34. The Morgan fingerprint density at radius 1 is 1.19 bits per heavy atom. The predicted molar refractivity (Wildman–Crippen MR) is 160 cm³/mol. The molecule has 1 atom stereocenters. The van der Waals surface area contributed by atoms with Crippen LogP contribution < -0.4 is 29.9 Å². The number of carbonyl (C=O) groups is 1. The van der Waals surface area contributed by atoms with Crippen LogP contribution in [0, 0.1) is 6.92 Å². The zero-order valence-electron chi connectivity index (χ0n) is 23.1. The molecule has 4 heterocycles. The molecule has 0 bridgehead atoms. The quantitative estimate of drug-likeness (QED) is 0.219. The average Bonchev–Trinajstić information content (AvgIpc) is 3.44. The van der Waals surface area contributed by atoms with Crippen LogP contribution in [0.4, 0.5) is 0 Å². The number of esters is 1. The molecule has 0 unspecified atom stereocenters. The molecule has 0 saturated carbocycles. The van der Waals surface area contributed by atoms with Gasteiger partial charge in [-0.15, -0.1) is 0 Å². The van der Waals surface area contributed by atoms with E-state index in [9.17, 15) is 14.4 Å². The SMILES string of the molecule is CCOC(=O)C1=C(C)N=c2s/c(=C/c3cc(Br)c(Sc4nc(C)cc(=O)[nH]4)o3)c(=O)n2[C@@H]1c1ccc(OC)c(OC)c1. The van der Waals surface area contributed by atoms with E-state index in [2.05, 4.69) is 30.9 Å². The predicted octanol–water partition coefficient (Wildman–Crippen LogP) is 3.71. The van der Waals surface area contributed by atoms with Gasteiger partial charge >= 0.3 is 5.97 Å². The first-order valence-electron chi connectivity index (χ1n) is 12.6. The lowest BCUT2D eigenvalue weighted by Crippen LogP contribution is -2.39. The number of thiazole rings is 1. The van der Waals surface area contributed by atoms with Gasteiger partial charge in [0.2, 0.25) is 0 Å². The van der Waals surface area contributed by atoms with Crippen LogP contribution in [0.5, 0.6) is 11.5 Å². The number of benzene rings is 1. The minimum absolute atomic E-state index is 0.165. The fourth-order valence-electron chi connectivity index (χ4n) is 4.46. The van der Waals surface area contributed by atoms with Gasteiger partial charge in [-0.05, 0) is 72.2 Å². The number of fused-ring (bicyclic) bond motifs is 1. The summed E-state index contributed by atoms with van der Waals surface area (Å²) in [6.07, 6.45) is 1.61. The fourth-order valence-corrected chi connectivity index (χ4v) is 6.84. The van der Waals surface area contributed by atoms with Crippen molar-refractivity contribution in [3.8, 4) is 11.5 Å². The van der Waals surface area contributed by atoms with Gasteiger partial charge in [-0.1, -0.05) is 17.4 Å². The Kier molecular flexibility index (Phi) is 8.57. The molecule has 0 saturated heterocycles. The van der Waals surface area contributed by atoms with Gasteiger partial charge in [0.1, 0.15) is 5.76 Å². The first-order valence-corrected chi connectivity index (χ1v) is 15.0. The van der Waals surface area contributed by atoms with Crippen LogP contribution in [0.2, 0.25) is 0 Å². The lowest BCUT2D eigenvalue weighted by Gasteiger charge is -2.25. The third-order valence-electron chi connectivity index (χ3n) is 6.23. The molecule has 1 N–H and O–H groups in total. The average molecular weight is 674 g/mol. The molecule has 0 radical (unpaired) electrons. The summed E-state index contributed by atoms with van der Waals surface area (Å²) in [5.41, 5.74) is 1.26. The van der Waals surface area contributed by atoms with Gasteiger partial charge < -0.3 is 23.6 Å². The second kappa shape index (κ2) is 12.2. The molecular weight excluding hydrogens is 648 g/mol. The highest BCUT2D eigenvalue weighted by Crippen LogP contribution is 2.37. The second-order valence-corrected chi connectivity index (χ2v) is 11.8. The van der Waals surface area contributed by atoms with E-state index in [1.807, 2.05) is 0 Å². The van der Waals surface area contributed by atoms with Crippen LogP contribution >= 0.6 is 39.0 Å². The van der Waals surface area contributed by atoms with E-state index in [0.29, 0.717) is 58.3 Å². The van der Waals surface area contributed by atoms with Crippen molar-refractivity contribution in [2.45, 2.75) is 37.1 Å². The number of ether oxygens (including phenoxy) is 3. The normalized spacial score (nSPS) is 14.9. The topological polar surface area (TPSA) is 138 Å². The van der Waals surface area contributed by atoms with Crippen LogP contribution in [-0.4, -0.2) is 41.3 Å². The standard InChI is InChI=1S/C28H25BrN4O7S2/c1-6-39-25(36)22-14(3)31-28-33(23(22)15-7-8-18(37-4)19(10-15)38-5)24(35)20(41-28)12-16-11-17(29)26(40-16)42-27-30-13(2)9-21(34)32-27/h7-12,23H,6H2,1-5H3,(H,30,32,34)/b20-12+/t23-/m1/s1. The molecule has 218 valence electrons. The number of rotatable bonds is 8. The lowest BCUT2D eigenvalue weighted by molar-refractivity contribution is -0.139. The number of aromatic nitrogens is 3. The Morgan fingerprint density at radius 2 is 1.95 bits per heavy atom. The van der Waals surface area contributed by atoms with E-state index in [1.54, 1.807) is 51.1 Å². The third kappa shape index (κ3) is 5.74. The van der Waals surface area contributed by atoms with Crippen molar-refractivity contribution in [2.24, 2.45) is 4.99 Å². The maximum Gasteiger partial charge on any atom is 0.338 e. The monoisotopic (exact) mass is 672 g/mol. The Balaban J connectivity index is 1.62. The van der Waals surface area contributed by atoms with E-state index >= 15 is 0 Å². The smallest absolute Gasteiger partial charge is 0.338 e. The molecule has 5 rings (SSSR count). The molecule has 1 aliphatic rings. The molecule has 0 aliphatic carbocycles. The Hall–Kier alpha value is -3.88. The summed E-state index contributed by atoms with van der Waals surface area (Å²) in [6, 6.07) is 7.53. The number of carbonyl (C=O) groups excluding carboxylic acids is 1. The summed E-state index contributed by atoms with van der Waals surface area (Å²) in [7, 11) is 3.05. The van der Waals surface area contributed by atoms with Crippen molar-refractivity contribution >= 4 is 51.1 Å². The highest BCUT2D eigenvalue weighted by atomic mass is 79.9. The van der Waals surface area contributed by atoms with Crippen molar-refractivity contribution in [1.82, 2.24) is 14.5 Å². The molecule has 1 aromatic carbocycles. The number of nitrogens with zero attached hydrogens (tertiary/aromatic N) is 3. The Bertz CT molecular complexity index is 1970. The van der Waals surface area contributed by atoms with Crippen molar-refractivity contribution in [1.29, 1.82) is 0 Å². The minimum Gasteiger partial charge on any atom is -0.493 e. The molecule has 0 amide bonds. The number of hydrogen-bond donors (Lipinski definition) is 1. The number of aryl methyl sites for hydroxylation is 1. The number of halogens is 1. The Labute approximate surface area is 255 Å². The molecule has 3 aromatic heterocycles. The third-order valence-corrected chi connectivity index (χ3v) is 8.94. The van der Waals surface area contributed by atoms with Gasteiger partial charge in [-0.2, -0.15) is 0 Å². The number of furan rings is 1. The maximum atomic E-state index is 13.9. The molecule has 1 aliphatic heterocycles. The van der Waals surface area contributed by atoms with Crippen LogP contribution in [0.15, 0.2) is 75.3 Å². The molecule has 14 heteroatoms. The van der Waals surface area contributed by atoms with Crippen LogP contribution in [-0.2, 0) is 9.53 Å². The maximum absolute atomic E-state index is 13.9. The second-order valence-electron chi connectivity index (χ2n) is 8.99. The van der Waals surface area contributed by atoms with Crippen molar-refractivity contribution in [2.75, 3.05) is 20.8 Å². The largest absolute Gasteiger partial charge is 0.493 e. The first-order chi connectivity index (χ1) is 20.1. The van der Waals surface area contributed by atoms with E-state index < -0.39 is 12.0 Å². The minimum atomic E-state index is -0.819. The summed E-state index contributed by atoms with van der Waals surface area (Å²) in [4.78, 5) is 50.9. The number of hydrogen-bond acceptors (Lipinski definition) is 11. The fraction of sp³-hybridized carbons (Fsp3) is 0.250. The van der Waals surface area contributed by atoms with Gasteiger partial charge in [-0.3, -0.25) is 14.2 Å². The summed E-state index contributed by atoms with van der Waals surface area (Å²) in [5, 5.41) is 0.823. The molecule has 42 heavy (non-hydrogen) atoms. The van der Waals surface area contributed by atoms with E-state index in [4.69, 9.17) is 18.6 Å². The van der Waals surface area contributed by atoms with Gasteiger partial charge in [0.05, 0.1) is 47.1 Å². The highest BCUT2D eigenvalue weighted by molar-refractivity contribution is 9.10. The van der Waals surface area contributed by atoms with E-state index in [-0.39, 0.29) is 23.3 Å². The van der Waals surface area contributed by atoms with Crippen LogP contribution in [0.3, 0.4) is 0 Å². The summed E-state index contributed by atoms with van der Waals surface area (Å²) in [6.45, 7) is 5.33. The van der Waals surface area contributed by atoms with Gasteiger partial charge in [0.15, 0.2) is 26.5 Å². The van der Waals surface area contributed by atoms with Crippen molar-refractivity contribution < 1.29 is 23.4 Å². The van der Waals surface area contributed by atoms with E-state index in [1.165, 1.54) is 36.2 Å². The lowest BCUT2D eigenvalue weighted by atomic mass is 9.95. The number of methoxy groups -OCH3 is 2. The molecule has 0 fully saturated rings. The van der Waals surface area contributed by atoms with Crippen LogP contribution in [0.25, 0.3) is 6.08 Å². The Morgan fingerprint density at radius 3 is 2.64 bits per heavy atom. The van der Waals surface area contributed by atoms with Gasteiger partial charge in [-0.25, -0.2) is 14.8 Å².